The number of fused-ring (bicyclic) bond motifs is 1. The zero-order valence-electron chi connectivity index (χ0n) is 21.8. The quantitative estimate of drug-likeness (QED) is 0.353. The third-order valence-electron chi connectivity index (χ3n) is 6.38. The lowest BCUT2D eigenvalue weighted by Crippen LogP contribution is -2.41. The van der Waals surface area contributed by atoms with Gasteiger partial charge in [-0.3, -0.25) is 9.59 Å². The van der Waals surface area contributed by atoms with Crippen molar-refractivity contribution >= 4 is 27.2 Å². The van der Waals surface area contributed by atoms with Crippen LogP contribution in [0.1, 0.15) is 66.3 Å². The minimum Gasteiger partial charge on any atom is -0.598 e. The highest BCUT2D eigenvalue weighted by molar-refractivity contribution is 7.90. The van der Waals surface area contributed by atoms with Crippen molar-refractivity contribution in [3.63, 3.8) is 0 Å². The van der Waals surface area contributed by atoms with Gasteiger partial charge in [-0.2, -0.15) is 0 Å². The molecule has 38 heavy (non-hydrogen) atoms. The molecule has 8 nitrogen and oxygen atoms in total. The number of nitrogens with one attached hydrogen (secondary N) is 2. The molecule has 3 aromatic rings. The lowest BCUT2D eigenvalue weighted by Gasteiger charge is -2.28. The molecule has 1 aliphatic rings. The average Bonchev–Trinajstić information content (AvgIpc) is 2.83. The number of sulfonamides is 1. The lowest BCUT2D eigenvalue weighted by atomic mass is 9.87. The van der Waals surface area contributed by atoms with Gasteiger partial charge in [0.1, 0.15) is 10.6 Å². The van der Waals surface area contributed by atoms with Gasteiger partial charge in [0, 0.05) is 53.9 Å². The van der Waals surface area contributed by atoms with Crippen molar-refractivity contribution in [2.24, 2.45) is 7.05 Å². The van der Waals surface area contributed by atoms with Crippen molar-refractivity contribution in [3.8, 4) is 11.1 Å². The molecule has 0 spiro atoms. The maximum atomic E-state index is 13.7. The van der Waals surface area contributed by atoms with E-state index in [1.807, 2.05) is 20.8 Å². The van der Waals surface area contributed by atoms with E-state index in [1.54, 1.807) is 32.3 Å². The fourth-order valence-electron chi connectivity index (χ4n) is 4.23. The number of carbonyl (C=O) groups is 1. The molecule has 11 heteroatoms. The number of nitrogens with zero attached hydrogens (tertiary/aromatic N) is 1. The highest BCUT2D eigenvalue weighted by Gasteiger charge is 2.31. The minimum atomic E-state index is -3.54. The van der Waals surface area contributed by atoms with Crippen molar-refractivity contribution in [2.75, 3.05) is 0 Å². The highest BCUT2D eigenvalue weighted by Crippen LogP contribution is 2.35. The Morgan fingerprint density at radius 3 is 2.42 bits per heavy atom. The smallest absolute Gasteiger partial charge is 0.250 e. The summed E-state index contributed by atoms with van der Waals surface area (Å²) in [5, 5.41) is 0. The largest absolute Gasteiger partial charge is 0.598 e. The van der Waals surface area contributed by atoms with Crippen LogP contribution in [0.25, 0.3) is 11.1 Å². The summed E-state index contributed by atoms with van der Waals surface area (Å²) in [6.07, 6.45) is 1.59. The Balaban J connectivity index is 1.95. The molecule has 0 amide bonds. The van der Waals surface area contributed by atoms with Crippen molar-refractivity contribution in [3.05, 3.63) is 92.6 Å². The number of ketones is 1. The number of rotatable bonds is 6. The van der Waals surface area contributed by atoms with Crippen LogP contribution >= 0.6 is 0 Å². The monoisotopic (exact) mass is 559 g/mol. The predicted molar refractivity (Wildman–Crippen MR) is 146 cm³/mol. The molecule has 0 fully saturated rings. The van der Waals surface area contributed by atoms with Crippen LogP contribution in [0, 0.1) is 5.82 Å². The average molecular weight is 560 g/mol. The lowest BCUT2D eigenvalue weighted by molar-refractivity contribution is 0.103. The third-order valence-corrected chi connectivity index (χ3v) is 9.33. The Morgan fingerprint density at radius 1 is 1.13 bits per heavy atom. The van der Waals surface area contributed by atoms with E-state index in [1.165, 1.54) is 34.9 Å². The van der Waals surface area contributed by atoms with Gasteiger partial charge in [-0.1, -0.05) is 0 Å². The number of halogens is 1. The summed E-state index contributed by atoms with van der Waals surface area (Å²) in [6, 6.07) is 9.38. The van der Waals surface area contributed by atoms with Crippen LogP contribution in [0.15, 0.2) is 53.5 Å². The Kier molecular flexibility index (Phi) is 7.70. The van der Waals surface area contributed by atoms with E-state index in [2.05, 4.69) is 9.44 Å². The SMILES string of the molecule is C[C@H](N[S@@+]([O-])C(C)(C)C)c1cc(=O)n(C)cc1-c1cc2c(cc1C(=O)c1ccc(F)cc1)CNS(=O)(=O)C2. The molecule has 0 radical (unpaired) electrons. The van der Waals surface area contributed by atoms with Gasteiger partial charge in [-0.25, -0.2) is 17.5 Å². The van der Waals surface area contributed by atoms with E-state index in [-0.39, 0.29) is 34.8 Å². The van der Waals surface area contributed by atoms with Gasteiger partial charge in [0.25, 0.3) is 5.56 Å². The Labute approximate surface area is 224 Å². The fraction of sp³-hybridized carbons (Fsp3) is 0.333. The standard InChI is InChI=1S/C27H30FN3O5S2/c1-16(30-37(34)27(2,3)4)21-12-25(32)31(5)14-24(21)22-11-19-15-38(35,36)29-13-18(19)10-23(22)26(33)17-6-8-20(28)9-7-17/h6-12,14,16,29-30H,13,15H2,1-5H3/t16-,37-/m0/s1. The number of aromatic nitrogens is 1. The molecule has 1 aromatic heterocycles. The number of pyridine rings is 1. The molecular weight excluding hydrogens is 529 g/mol. The molecule has 0 bridgehead atoms. The van der Waals surface area contributed by atoms with Gasteiger partial charge in [-0.05, 0) is 86.3 Å². The summed E-state index contributed by atoms with van der Waals surface area (Å²) in [5.41, 5.74) is 2.88. The summed E-state index contributed by atoms with van der Waals surface area (Å²) in [7, 11) is -1.96. The normalized spacial score (nSPS) is 16.5. The molecule has 2 aromatic carbocycles. The van der Waals surface area contributed by atoms with Crippen LogP contribution in [-0.2, 0) is 40.7 Å². The molecule has 0 unspecified atom stereocenters. The number of aryl methyl sites for hydroxylation is 1. The highest BCUT2D eigenvalue weighted by atomic mass is 32.2. The van der Waals surface area contributed by atoms with Crippen molar-refractivity contribution < 1.29 is 22.2 Å². The topological polar surface area (TPSA) is 120 Å². The molecule has 2 atom stereocenters. The van der Waals surface area contributed by atoms with Gasteiger partial charge < -0.3 is 9.12 Å². The molecule has 2 heterocycles. The Morgan fingerprint density at radius 2 is 1.79 bits per heavy atom. The summed E-state index contributed by atoms with van der Waals surface area (Å²) in [6.45, 7) is 7.28. The maximum Gasteiger partial charge on any atom is 0.250 e. The van der Waals surface area contributed by atoms with E-state index in [0.29, 0.717) is 27.8 Å². The Bertz CT molecular complexity index is 1560. The first-order valence-electron chi connectivity index (χ1n) is 12.0. The molecule has 202 valence electrons. The molecule has 1 aliphatic heterocycles. The summed E-state index contributed by atoms with van der Waals surface area (Å²) in [4.78, 5) is 26.4. The van der Waals surface area contributed by atoms with E-state index in [0.717, 1.165) is 0 Å². The Hall–Kier alpha value is -2.83. The van der Waals surface area contributed by atoms with Crippen molar-refractivity contribution in [1.82, 2.24) is 14.0 Å². The van der Waals surface area contributed by atoms with E-state index < -0.39 is 38.0 Å². The number of benzene rings is 2. The van der Waals surface area contributed by atoms with Crippen molar-refractivity contribution in [1.29, 1.82) is 0 Å². The van der Waals surface area contributed by atoms with Crippen LogP contribution < -0.4 is 15.0 Å². The fourth-order valence-corrected chi connectivity index (χ4v) is 6.18. The van der Waals surface area contributed by atoms with Gasteiger partial charge in [-0.15, -0.1) is 4.72 Å². The predicted octanol–water partition coefficient (Wildman–Crippen LogP) is 3.47. The first kappa shape index (κ1) is 28.2. The van der Waals surface area contributed by atoms with Crippen molar-refractivity contribution in [2.45, 2.75) is 50.8 Å². The summed E-state index contributed by atoms with van der Waals surface area (Å²) >= 11 is -1.45. The molecular formula is C27H30FN3O5S2. The van der Waals surface area contributed by atoms with E-state index in [9.17, 15) is 27.0 Å². The molecule has 0 aliphatic carbocycles. The second kappa shape index (κ2) is 10.4. The first-order valence-corrected chi connectivity index (χ1v) is 14.8. The zero-order chi connectivity index (χ0) is 28.0. The van der Waals surface area contributed by atoms with Crippen LogP contribution in [0.3, 0.4) is 0 Å². The summed E-state index contributed by atoms with van der Waals surface area (Å²) in [5.74, 6) is -1.12. The van der Waals surface area contributed by atoms with Crippen LogP contribution in [-0.4, -0.2) is 28.1 Å². The molecule has 0 saturated carbocycles. The van der Waals surface area contributed by atoms with Gasteiger partial charge in [0.2, 0.25) is 10.0 Å². The third kappa shape index (κ3) is 5.92. The first-order chi connectivity index (χ1) is 17.7. The number of hydrogen-bond acceptors (Lipinski definition) is 6. The minimum absolute atomic E-state index is 0.0320. The zero-order valence-corrected chi connectivity index (χ0v) is 23.4. The van der Waals surface area contributed by atoms with Gasteiger partial charge in [0.05, 0.1) is 11.8 Å². The van der Waals surface area contributed by atoms with Crippen LogP contribution in [0.5, 0.6) is 0 Å². The molecule has 4 rings (SSSR count). The van der Waals surface area contributed by atoms with E-state index in [4.69, 9.17) is 0 Å². The number of carbonyl (C=O) groups excluding carboxylic acids is 1. The van der Waals surface area contributed by atoms with Gasteiger partial charge in [0.15, 0.2) is 5.78 Å². The number of hydrogen-bond donors (Lipinski definition) is 2. The molecule has 2 N–H and O–H groups in total. The summed E-state index contributed by atoms with van der Waals surface area (Å²) < 4.78 is 57.4. The second-order valence-corrected chi connectivity index (χ2v) is 14.2. The van der Waals surface area contributed by atoms with Crippen LogP contribution in [0.4, 0.5) is 4.39 Å². The van der Waals surface area contributed by atoms with E-state index >= 15 is 0 Å². The second-order valence-electron chi connectivity index (χ2n) is 10.4. The van der Waals surface area contributed by atoms with Crippen LogP contribution in [0.2, 0.25) is 0 Å². The molecule has 0 saturated heterocycles. The van der Waals surface area contributed by atoms with Gasteiger partial charge >= 0.3 is 0 Å². The maximum absolute atomic E-state index is 13.7.